The van der Waals surface area contributed by atoms with Crippen molar-refractivity contribution in [1.29, 1.82) is 0 Å². The first-order valence-electron chi connectivity index (χ1n) is 7.21. The molecule has 1 unspecified atom stereocenters. The molecule has 2 rings (SSSR count). The number of carbonyl (C=O) groups is 1. The second-order valence-electron chi connectivity index (χ2n) is 5.62. The molecule has 2 heterocycles. The number of pyridine rings is 1. The van der Waals surface area contributed by atoms with Gasteiger partial charge in [0, 0.05) is 29.7 Å². The number of aromatic nitrogens is 3. The Morgan fingerprint density at radius 3 is 2.55 bits per heavy atom. The molecule has 116 valence electrons. The van der Waals surface area contributed by atoms with Crippen LogP contribution in [0.3, 0.4) is 0 Å². The Morgan fingerprint density at radius 1 is 1.27 bits per heavy atom. The zero-order valence-electron chi connectivity index (χ0n) is 12.9. The van der Waals surface area contributed by atoms with E-state index in [-0.39, 0.29) is 5.92 Å². The lowest BCUT2D eigenvalue weighted by Gasteiger charge is -2.17. The van der Waals surface area contributed by atoms with Crippen molar-refractivity contribution < 1.29 is 9.90 Å². The van der Waals surface area contributed by atoms with Crippen molar-refractivity contribution in [2.45, 2.75) is 33.2 Å². The van der Waals surface area contributed by atoms with Gasteiger partial charge in [-0.15, -0.1) is 0 Å². The third kappa shape index (κ3) is 4.25. The third-order valence-electron chi connectivity index (χ3n) is 3.12. The molecule has 0 saturated carbocycles. The van der Waals surface area contributed by atoms with Crippen molar-refractivity contribution in [3.63, 3.8) is 0 Å². The molecule has 0 spiro atoms. The Balaban J connectivity index is 2.28. The van der Waals surface area contributed by atoms with E-state index in [1.807, 2.05) is 32.9 Å². The number of hydrogen-bond acceptors (Lipinski definition) is 5. The van der Waals surface area contributed by atoms with Crippen LogP contribution in [-0.2, 0) is 4.79 Å². The third-order valence-corrected chi connectivity index (χ3v) is 3.12. The molecule has 0 amide bonds. The van der Waals surface area contributed by atoms with Crippen LogP contribution in [0.1, 0.15) is 26.0 Å². The Kier molecular flexibility index (Phi) is 5.04. The molecule has 0 fully saturated rings. The van der Waals surface area contributed by atoms with Crippen LogP contribution in [0.25, 0.3) is 11.4 Å². The van der Waals surface area contributed by atoms with Crippen LogP contribution in [0.15, 0.2) is 30.6 Å². The van der Waals surface area contributed by atoms with E-state index in [0.29, 0.717) is 18.1 Å². The number of hydrogen-bond donors (Lipinski definition) is 2. The van der Waals surface area contributed by atoms with Gasteiger partial charge in [-0.3, -0.25) is 4.98 Å². The largest absolute Gasteiger partial charge is 0.480 e. The second-order valence-corrected chi connectivity index (χ2v) is 5.62. The van der Waals surface area contributed by atoms with Crippen LogP contribution in [0.4, 0.5) is 5.82 Å². The Hall–Kier alpha value is -2.50. The molecule has 0 saturated heterocycles. The molecule has 0 aliphatic heterocycles. The molecule has 6 nitrogen and oxygen atoms in total. The zero-order valence-corrected chi connectivity index (χ0v) is 12.9. The summed E-state index contributed by atoms with van der Waals surface area (Å²) in [4.78, 5) is 24.1. The molecule has 0 radical (unpaired) electrons. The Bertz CT molecular complexity index is 644. The van der Waals surface area contributed by atoms with Crippen LogP contribution in [0.5, 0.6) is 0 Å². The van der Waals surface area contributed by atoms with E-state index in [0.717, 1.165) is 11.3 Å². The lowest BCUT2D eigenvalue weighted by atomic mass is 10.0. The smallest absolute Gasteiger partial charge is 0.326 e. The Labute approximate surface area is 129 Å². The molecule has 6 heteroatoms. The number of carboxylic acid groups (broad SMARTS) is 1. The predicted octanol–water partition coefficient (Wildman–Crippen LogP) is 2.76. The normalized spacial score (nSPS) is 12.2. The number of aryl methyl sites for hydroxylation is 1. The topological polar surface area (TPSA) is 88.0 Å². The molecule has 2 aromatic rings. The highest BCUT2D eigenvalue weighted by molar-refractivity contribution is 5.77. The molecule has 0 aromatic carbocycles. The van der Waals surface area contributed by atoms with Gasteiger partial charge < -0.3 is 10.4 Å². The highest BCUT2D eigenvalue weighted by Crippen LogP contribution is 2.18. The van der Waals surface area contributed by atoms with Gasteiger partial charge in [0.25, 0.3) is 0 Å². The maximum Gasteiger partial charge on any atom is 0.326 e. The van der Waals surface area contributed by atoms with Gasteiger partial charge in [0.15, 0.2) is 5.82 Å². The van der Waals surface area contributed by atoms with Crippen molar-refractivity contribution in [3.05, 3.63) is 36.3 Å². The zero-order chi connectivity index (χ0) is 16.1. The molecule has 2 N–H and O–H groups in total. The Morgan fingerprint density at radius 2 is 1.95 bits per heavy atom. The van der Waals surface area contributed by atoms with E-state index in [1.54, 1.807) is 18.5 Å². The predicted molar refractivity (Wildman–Crippen MR) is 84.5 cm³/mol. The van der Waals surface area contributed by atoms with Crippen LogP contribution >= 0.6 is 0 Å². The van der Waals surface area contributed by atoms with Gasteiger partial charge in [0.2, 0.25) is 0 Å². The van der Waals surface area contributed by atoms with Gasteiger partial charge in [-0.1, -0.05) is 13.8 Å². The number of aliphatic carboxylic acids is 1. The van der Waals surface area contributed by atoms with Crippen LogP contribution < -0.4 is 5.32 Å². The number of nitrogens with zero attached hydrogens (tertiary/aromatic N) is 3. The standard InChI is InChI=1S/C16H20N4O2/c1-10(2)8-13(16(21)22)19-14-9-11(3)18-15(20-14)12-4-6-17-7-5-12/h4-7,9-10,13H,8H2,1-3H3,(H,21,22)(H,18,19,20). The number of nitrogens with one attached hydrogen (secondary N) is 1. The molecule has 0 aliphatic rings. The molecular weight excluding hydrogens is 280 g/mol. The minimum atomic E-state index is -0.879. The number of carboxylic acids is 1. The van der Waals surface area contributed by atoms with Crippen LogP contribution in [0.2, 0.25) is 0 Å². The molecule has 1 atom stereocenters. The monoisotopic (exact) mass is 300 g/mol. The fourth-order valence-corrected chi connectivity index (χ4v) is 2.14. The molecule has 2 aromatic heterocycles. The summed E-state index contributed by atoms with van der Waals surface area (Å²) < 4.78 is 0. The summed E-state index contributed by atoms with van der Waals surface area (Å²) in [5.41, 5.74) is 1.62. The number of anilines is 1. The minimum absolute atomic E-state index is 0.274. The average Bonchev–Trinajstić information content (AvgIpc) is 2.46. The molecule has 22 heavy (non-hydrogen) atoms. The van der Waals surface area contributed by atoms with Crippen molar-refractivity contribution in [2.75, 3.05) is 5.32 Å². The average molecular weight is 300 g/mol. The summed E-state index contributed by atoms with van der Waals surface area (Å²) in [6.45, 7) is 5.84. The summed E-state index contributed by atoms with van der Waals surface area (Å²) in [6, 6.07) is 4.73. The van der Waals surface area contributed by atoms with Gasteiger partial charge in [-0.2, -0.15) is 0 Å². The van der Waals surface area contributed by atoms with Gasteiger partial charge in [-0.25, -0.2) is 14.8 Å². The first kappa shape index (κ1) is 15.9. The fraction of sp³-hybridized carbons (Fsp3) is 0.375. The first-order valence-corrected chi connectivity index (χ1v) is 7.21. The van der Waals surface area contributed by atoms with Crippen molar-refractivity contribution in [3.8, 4) is 11.4 Å². The van der Waals surface area contributed by atoms with E-state index < -0.39 is 12.0 Å². The first-order chi connectivity index (χ1) is 10.5. The minimum Gasteiger partial charge on any atom is -0.480 e. The van der Waals surface area contributed by atoms with Gasteiger partial charge in [0.1, 0.15) is 11.9 Å². The highest BCUT2D eigenvalue weighted by Gasteiger charge is 2.19. The summed E-state index contributed by atoms with van der Waals surface area (Å²) in [5.74, 6) is 0.470. The number of rotatable bonds is 6. The lowest BCUT2D eigenvalue weighted by Crippen LogP contribution is -2.31. The molecule has 0 bridgehead atoms. The summed E-state index contributed by atoms with van der Waals surface area (Å²) in [5, 5.41) is 12.3. The lowest BCUT2D eigenvalue weighted by molar-refractivity contribution is -0.138. The summed E-state index contributed by atoms with van der Waals surface area (Å²) in [7, 11) is 0. The molecule has 0 aliphatic carbocycles. The van der Waals surface area contributed by atoms with Gasteiger partial charge >= 0.3 is 5.97 Å². The maximum atomic E-state index is 11.4. The summed E-state index contributed by atoms with van der Waals surface area (Å²) in [6.07, 6.45) is 3.88. The molecular formula is C16H20N4O2. The van der Waals surface area contributed by atoms with Gasteiger partial charge in [-0.05, 0) is 31.4 Å². The van der Waals surface area contributed by atoms with Crippen LogP contribution in [-0.4, -0.2) is 32.1 Å². The summed E-state index contributed by atoms with van der Waals surface area (Å²) >= 11 is 0. The van der Waals surface area contributed by atoms with Crippen molar-refractivity contribution in [2.24, 2.45) is 5.92 Å². The van der Waals surface area contributed by atoms with Crippen LogP contribution in [0, 0.1) is 12.8 Å². The van der Waals surface area contributed by atoms with E-state index in [9.17, 15) is 9.90 Å². The van der Waals surface area contributed by atoms with E-state index in [1.165, 1.54) is 0 Å². The van der Waals surface area contributed by atoms with E-state index >= 15 is 0 Å². The van der Waals surface area contributed by atoms with Gasteiger partial charge in [0.05, 0.1) is 0 Å². The highest BCUT2D eigenvalue weighted by atomic mass is 16.4. The maximum absolute atomic E-state index is 11.4. The van der Waals surface area contributed by atoms with E-state index in [2.05, 4.69) is 20.3 Å². The van der Waals surface area contributed by atoms with E-state index in [4.69, 9.17) is 0 Å². The quantitative estimate of drug-likeness (QED) is 0.853. The van der Waals surface area contributed by atoms with Crippen molar-refractivity contribution in [1.82, 2.24) is 15.0 Å². The SMILES string of the molecule is Cc1cc(NC(CC(C)C)C(=O)O)nc(-c2ccncc2)n1. The van der Waals surface area contributed by atoms with Crippen molar-refractivity contribution >= 4 is 11.8 Å². The fourth-order valence-electron chi connectivity index (χ4n) is 2.14. The second kappa shape index (κ2) is 6.98.